The summed E-state index contributed by atoms with van der Waals surface area (Å²) in [5, 5.41) is 1.21. The SMILES string of the molecule is CSc1ccc2ncccc2c1. The van der Waals surface area contributed by atoms with Gasteiger partial charge in [0.15, 0.2) is 0 Å². The van der Waals surface area contributed by atoms with Crippen molar-refractivity contribution in [2.75, 3.05) is 6.26 Å². The first kappa shape index (κ1) is 7.62. The average Bonchev–Trinajstić information content (AvgIpc) is 2.17. The van der Waals surface area contributed by atoms with E-state index in [1.165, 1.54) is 10.3 Å². The van der Waals surface area contributed by atoms with Crippen molar-refractivity contribution in [2.24, 2.45) is 0 Å². The van der Waals surface area contributed by atoms with E-state index in [1.54, 1.807) is 11.8 Å². The van der Waals surface area contributed by atoms with Gasteiger partial charge in [-0.15, -0.1) is 11.8 Å². The topological polar surface area (TPSA) is 12.9 Å². The van der Waals surface area contributed by atoms with E-state index in [-0.39, 0.29) is 0 Å². The Morgan fingerprint density at radius 1 is 1.25 bits per heavy atom. The summed E-state index contributed by atoms with van der Waals surface area (Å²) in [5.74, 6) is 0. The highest BCUT2D eigenvalue weighted by atomic mass is 32.2. The Hall–Kier alpha value is -1.02. The van der Waals surface area contributed by atoms with Crippen LogP contribution in [-0.4, -0.2) is 11.2 Å². The molecule has 0 saturated heterocycles. The van der Waals surface area contributed by atoms with Crippen LogP contribution in [0.25, 0.3) is 10.9 Å². The third-order valence-electron chi connectivity index (χ3n) is 1.81. The van der Waals surface area contributed by atoms with Crippen LogP contribution in [0.4, 0.5) is 0 Å². The monoisotopic (exact) mass is 175 g/mol. The van der Waals surface area contributed by atoms with Crippen molar-refractivity contribution >= 4 is 22.7 Å². The maximum absolute atomic E-state index is 4.25. The largest absolute Gasteiger partial charge is 0.256 e. The Morgan fingerprint density at radius 3 is 3.00 bits per heavy atom. The van der Waals surface area contributed by atoms with Crippen LogP contribution in [-0.2, 0) is 0 Å². The Balaban J connectivity index is 2.67. The molecule has 0 radical (unpaired) electrons. The van der Waals surface area contributed by atoms with E-state index in [9.17, 15) is 0 Å². The van der Waals surface area contributed by atoms with Gasteiger partial charge in [0.25, 0.3) is 0 Å². The van der Waals surface area contributed by atoms with Crippen molar-refractivity contribution in [3.05, 3.63) is 36.5 Å². The molecule has 1 aromatic heterocycles. The van der Waals surface area contributed by atoms with Gasteiger partial charge in [0.1, 0.15) is 0 Å². The molecule has 1 heterocycles. The first-order chi connectivity index (χ1) is 5.90. The first-order valence-electron chi connectivity index (χ1n) is 3.79. The molecule has 0 amide bonds. The molecular weight excluding hydrogens is 166 g/mol. The normalized spacial score (nSPS) is 10.4. The standard InChI is InChI=1S/C10H9NS/c1-12-9-4-5-10-8(7-9)3-2-6-11-10/h2-7H,1H3. The molecule has 60 valence electrons. The highest BCUT2D eigenvalue weighted by Crippen LogP contribution is 2.19. The number of hydrogen-bond acceptors (Lipinski definition) is 2. The van der Waals surface area contributed by atoms with E-state index in [2.05, 4.69) is 35.5 Å². The molecule has 1 nitrogen and oxygen atoms in total. The predicted octanol–water partition coefficient (Wildman–Crippen LogP) is 2.96. The molecule has 2 rings (SSSR count). The molecule has 0 aliphatic heterocycles. The first-order valence-corrected chi connectivity index (χ1v) is 5.01. The molecule has 1 aromatic carbocycles. The minimum absolute atomic E-state index is 1.07. The lowest BCUT2D eigenvalue weighted by Gasteiger charge is -1.98. The van der Waals surface area contributed by atoms with E-state index in [1.807, 2.05) is 12.3 Å². The van der Waals surface area contributed by atoms with Crippen LogP contribution in [0.2, 0.25) is 0 Å². The summed E-state index contributed by atoms with van der Waals surface area (Å²) in [5.41, 5.74) is 1.07. The van der Waals surface area contributed by atoms with Crippen LogP contribution < -0.4 is 0 Å². The summed E-state index contributed by atoms with van der Waals surface area (Å²) in [7, 11) is 0. The van der Waals surface area contributed by atoms with Gasteiger partial charge >= 0.3 is 0 Å². The van der Waals surface area contributed by atoms with Crippen molar-refractivity contribution in [1.29, 1.82) is 0 Å². The number of pyridine rings is 1. The second-order valence-corrected chi connectivity index (χ2v) is 3.44. The molecule has 0 unspecified atom stereocenters. The quantitative estimate of drug-likeness (QED) is 0.618. The summed E-state index contributed by atoms with van der Waals surface area (Å²) in [6.45, 7) is 0. The van der Waals surface area contributed by atoms with Gasteiger partial charge in [-0.2, -0.15) is 0 Å². The minimum atomic E-state index is 1.07. The van der Waals surface area contributed by atoms with Crippen molar-refractivity contribution in [3.8, 4) is 0 Å². The Bertz CT molecular complexity index is 398. The Kier molecular flexibility index (Phi) is 2.00. The fourth-order valence-corrected chi connectivity index (χ4v) is 1.63. The Morgan fingerprint density at radius 2 is 2.17 bits per heavy atom. The molecule has 0 atom stereocenters. The van der Waals surface area contributed by atoms with Crippen LogP contribution in [0.1, 0.15) is 0 Å². The van der Waals surface area contributed by atoms with E-state index >= 15 is 0 Å². The third-order valence-corrected chi connectivity index (χ3v) is 2.54. The molecule has 0 spiro atoms. The predicted molar refractivity (Wildman–Crippen MR) is 53.5 cm³/mol. The molecule has 2 aromatic rings. The van der Waals surface area contributed by atoms with Gasteiger partial charge in [-0.1, -0.05) is 6.07 Å². The van der Waals surface area contributed by atoms with E-state index in [0.717, 1.165) is 5.52 Å². The van der Waals surface area contributed by atoms with E-state index in [0.29, 0.717) is 0 Å². The fourth-order valence-electron chi connectivity index (χ4n) is 1.18. The van der Waals surface area contributed by atoms with Gasteiger partial charge < -0.3 is 0 Å². The molecule has 12 heavy (non-hydrogen) atoms. The molecule has 0 bridgehead atoms. The Labute approximate surface area is 75.8 Å². The van der Waals surface area contributed by atoms with E-state index < -0.39 is 0 Å². The van der Waals surface area contributed by atoms with Gasteiger partial charge in [0.05, 0.1) is 5.52 Å². The number of fused-ring (bicyclic) bond motifs is 1. The second-order valence-electron chi connectivity index (χ2n) is 2.56. The average molecular weight is 175 g/mol. The minimum Gasteiger partial charge on any atom is -0.256 e. The van der Waals surface area contributed by atoms with E-state index in [4.69, 9.17) is 0 Å². The summed E-state index contributed by atoms with van der Waals surface area (Å²) in [6.07, 6.45) is 3.90. The molecule has 0 aliphatic carbocycles. The van der Waals surface area contributed by atoms with Gasteiger partial charge in [-0.25, -0.2) is 0 Å². The summed E-state index contributed by atoms with van der Waals surface area (Å²) >= 11 is 1.76. The van der Waals surface area contributed by atoms with Crippen LogP contribution >= 0.6 is 11.8 Å². The van der Waals surface area contributed by atoms with Crippen LogP contribution in [0.3, 0.4) is 0 Å². The van der Waals surface area contributed by atoms with Gasteiger partial charge in [-0.05, 0) is 30.5 Å². The lowest BCUT2D eigenvalue weighted by Crippen LogP contribution is -1.77. The lowest BCUT2D eigenvalue weighted by atomic mass is 10.2. The van der Waals surface area contributed by atoms with Crippen molar-refractivity contribution in [2.45, 2.75) is 4.90 Å². The zero-order valence-corrected chi connectivity index (χ0v) is 7.64. The van der Waals surface area contributed by atoms with Crippen LogP contribution in [0, 0.1) is 0 Å². The second kappa shape index (κ2) is 3.15. The number of rotatable bonds is 1. The van der Waals surface area contributed by atoms with Gasteiger partial charge in [0.2, 0.25) is 0 Å². The molecule has 0 fully saturated rings. The summed E-state index contributed by atoms with van der Waals surface area (Å²) in [6, 6.07) is 10.4. The molecule has 0 N–H and O–H groups in total. The van der Waals surface area contributed by atoms with Crippen molar-refractivity contribution in [1.82, 2.24) is 4.98 Å². The van der Waals surface area contributed by atoms with Crippen molar-refractivity contribution < 1.29 is 0 Å². The lowest BCUT2D eigenvalue weighted by molar-refractivity contribution is 1.39. The zero-order chi connectivity index (χ0) is 8.39. The molecular formula is C10H9NS. The zero-order valence-electron chi connectivity index (χ0n) is 6.82. The van der Waals surface area contributed by atoms with Crippen LogP contribution in [0.15, 0.2) is 41.4 Å². The van der Waals surface area contributed by atoms with Crippen molar-refractivity contribution in [3.63, 3.8) is 0 Å². The fraction of sp³-hybridized carbons (Fsp3) is 0.100. The summed E-state index contributed by atoms with van der Waals surface area (Å²) in [4.78, 5) is 5.53. The molecule has 2 heteroatoms. The highest BCUT2D eigenvalue weighted by Gasteiger charge is 1.93. The summed E-state index contributed by atoms with van der Waals surface area (Å²) < 4.78 is 0. The number of benzene rings is 1. The molecule has 0 saturated carbocycles. The molecule has 0 aliphatic rings. The number of nitrogens with zero attached hydrogens (tertiary/aromatic N) is 1. The maximum Gasteiger partial charge on any atom is 0.0702 e. The highest BCUT2D eigenvalue weighted by molar-refractivity contribution is 7.98. The third kappa shape index (κ3) is 1.30. The van der Waals surface area contributed by atoms with Gasteiger partial charge in [0, 0.05) is 16.5 Å². The number of hydrogen-bond donors (Lipinski definition) is 0. The maximum atomic E-state index is 4.25. The number of aromatic nitrogens is 1. The van der Waals surface area contributed by atoms with Crippen LogP contribution in [0.5, 0.6) is 0 Å². The number of thioether (sulfide) groups is 1. The van der Waals surface area contributed by atoms with Gasteiger partial charge in [-0.3, -0.25) is 4.98 Å². The smallest absolute Gasteiger partial charge is 0.0702 e.